The fourth-order valence-corrected chi connectivity index (χ4v) is 3.25. The monoisotopic (exact) mass is 412 g/mol. The van der Waals surface area contributed by atoms with E-state index in [1.807, 2.05) is 65.4 Å². The molecule has 1 aromatic heterocycles. The normalized spacial score (nSPS) is 11.0. The first kappa shape index (κ1) is 19.9. The maximum atomic E-state index is 12.5. The zero-order chi connectivity index (χ0) is 21.6. The van der Waals surface area contributed by atoms with E-state index in [0.29, 0.717) is 5.69 Å². The zero-order valence-corrected chi connectivity index (χ0v) is 16.5. The van der Waals surface area contributed by atoms with Crippen LogP contribution in [0, 0.1) is 0 Å². The molecule has 0 fully saturated rings. The number of aromatic carboxylic acids is 1. The Labute approximate surface area is 178 Å². The first-order chi connectivity index (χ1) is 15.1. The Morgan fingerprint density at radius 3 is 2.35 bits per heavy atom. The quantitative estimate of drug-likeness (QED) is 0.309. The molecule has 154 valence electrons. The van der Waals surface area contributed by atoms with Gasteiger partial charge in [-0.1, -0.05) is 36.4 Å². The average molecular weight is 412 g/mol. The lowest BCUT2D eigenvalue weighted by Crippen LogP contribution is -2.18. The molecule has 7 heteroatoms. The van der Waals surface area contributed by atoms with Gasteiger partial charge in [0.05, 0.1) is 17.5 Å². The third kappa shape index (κ3) is 4.79. The van der Waals surface area contributed by atoms with Gasteiger partial charge in [-0.05, 0) is 42.5 Å². The summed E-state index contributed by atoms with van der Waals surface area (Å²) in [7, 11) is 0. The van der Waals surface area contributed by atoms with Crippen LogP contribution in [0.5, 0.6) is 0 Å². The van der Waals surface area contributed by atoms with E-state index in [0.717, 1.165) is 22.2 Å². The summed E-state index contributed by atoms with van der Waals surface area (Å²) in [5, 5.41) is 17.1. The van der Waals surface area contributed by atoms with E-state index in [9.17, 15) is 9.59 Å². The Hall–Kier alpha value is -4.39. The number of carboxylic acids is 1. The number of nitrogens with zero attached hydrogens (tertiary/aromatic N) is 2. The van der Waals surface area contributed by atoms with Crippen molar-refractivity contribution >= 4 is 40.4 Å². The second-order valence-electron chi connectivity index (χ2n) is 6.90. The summed E-state index contributed by atoms with van der Waals surface area (Å²) in [6, 6.07) is 23.5. The van der Waals surface area contributed by atoms with Crippen LogP contribution in [0.2, 0.25) is 0 Å². The molecule has 0 unspecified atom stereocenters. The first-order valence-corrected chi connectivity index (χ1v) is 9.65. The number of carbonyl (C=O) groups is 2. The van der Waals surface area contributed by atoms with Gasteiger partial charge in [-0.25, -0.2) is 4.79 Å². The lowest BCUT2D eigenvalue weighted by molar-refractivity contribution is -0.116. The molecular weight excluding hydrogens is 392 g/mol. The molecule has 0 aliphatic rings. The molecule has 0 aliphatic heterocycles. The number of anilines is 2. The lowest BCUT2D eigenvalue weighted by atomic mass is 10.2. The molecule has 31 heavy (non-hydrogen) atoms. The number of hydrazone groups is 1. The van der Waals surface area contributed by atoms with Crippen molar-refractivity contribution in [1.82, 2.24) is 4.57 Å². The van der Waals surface area contributed by atoms with Crippen LogP contribution in [-0.2, 0) is 11.3 Å². The number of amides is 1. The number of carbonyl (C=O) groups excluding carboxylic acids is 1. The van der Waals surface area contributed by atoms with Crippen LogP contribution in [0.1, 0.15) is 15.9 Å². The van der Waals surface area contributed by atoms with E-state index >= 15 is 0 Å². The highest BCUT2D eigenvalue weighted by Gasteiger charge is 2.10. The minimum atomic E-state index is -0.973. The molecule has 0 aliphatic carbocycles. The Morgan fingerprint density at radius 1 is 0.903 bits per heavy atom. The van der Waals surface area contributed by atoms with Gasteiger partial charge in [0.25, 0.3) is 0 Å². The van der Waals surface area contributed by atoms with Crippen molar-refractivity contribution in [3.63, 3.8) is 0 Å². The number of benzene rings is 3. The second-order valence-corrected chi connectivity index (χ2v) is 6.90. The molecule has 0 saturated carbocycles. The summed E-state index contributed by atoms with van der Waals surface area (Å²) >= 11 is 0. The van der Waals surface area contributed by atoms with E-state index in [-0.39, 0.29) is 18.0 Å². The largest absolute Gasteiger partial charge is 0.478 e. The Bertz CT molecular complexity index is 1250. The SMILES string of the molecule is O=C(Cn1cc(C=NNc2ccc(C(=O)O)cc2)c2ccccc21)Nc1ccccc1. The molecule has 0 spiro atoms. The van der Waals surface area contributed by atoms with E-state index in [4.69, 9.17) is 5.11 Å². The van der Waals surface area contributed by atoms with E-state index in [1.54, 1.807) is 18.3 Å². The summed E-state index contributed by atoms with van der Waals surface area (Å²) < 4.78 is 1.89. The predicted octanol–water partition coefficient (Wildman–Crippen LogP) is 4.42. The number of hydrogen-bond donors (Lipinski definition) is 3. The summed E-state index contributed by atoms with van der Waals surface area (Å²) in [5.74, 6) is -1.09. The van der Waals surface area contributed by atoms with Crippen LogP contribution >= 0.6 is 0 Å². The van der Waals surface area contributed by atoms with Gasteiger partial charge >= 0.3 is 5.97 Å². The molecule has 3 N–H and O–H groups in total. The summed E-state index contributed by atoms with van der Waals surface area (Å²) in [5.41, 5.74) is 6.32. The van der Waals surface area contributed by atoms with Crippen molar-refractivity contribution in [2.75, 3.05) is 10.7 Å². The molecule has 1 amide bonds. The Balaban J connectivity index is 1.50. The highest BCUT2D eigenvalue weighted by atomic mass is 16.4. The van der Waals surface area contributed by atoms with E-state index in [1.165, 1.54) is 12.1 Å². The van der Waals surface area contributed by atoms with Gasteiger partial charge < -0.3 is 15.0 Å². The van der Waals surface area contributed by atoms with Gasteiger partial charge in [0.1, 0.15) is 6.54 Å². The van der Waals surface area contributed by atoms with Crippen molar-refractivity contribution in [1.29, 1.82) is 0 Å². The predicted molar refractivity (Wildman–Crippen MR) is 122 cm³/mol. The average Bonchev–Trinajstić information content (AvgIpc) is 3.12. The van der Waals surface area contributed by atoms with Gasteiger partial charge in [0.15, 0.2) is 0 Å². The van der Waals surface area contributed by atoms with Crippen LogP contribution in [0.3, 0.4) is 0 Å². The Kier molecular flexibility index (Phi) is 5.75. The molecule has 0 atom stereocenters. The topological polar surface area (TPSA) is 95.7 Å². The highest BCUT2D eigenvalue weighted by molar-refractivity contribution is 6.00. The van der Waals surface area contributed by atoms with Crippen molar-refractivity contribution in [2.45, 2.75) is 6.54 Å². The summed E-state index contributed by atoms with van der Waals surface area (Å²) in [6.07, 6.45) is 3.56. The molecule has 7 nitrogen and oxygen atoms in total. The minimum absolute atomic E-state index is 0.118. The zero-order valence-electron chi connectivity index (χ0n) is 16.5. The number of rotatable bonds is 7. The van der Waals surface area contributed by atoms with Crippen LogP contribution in [-0.4, -0.2) is 27.8 Å². The van der Waals surface area contributed by atoms with Gasteiger partial charge in [0, 0.05) is 28.4 Å². The minimum Gasteiger partial charge on any atom is -0.478 e. The van der Waals surface area contributed by atoms with Crippen molar-refractivity contribution < 1.29 is 14.7 Å². The van der Waals surface area contributed by atoms with Crippen molar-refractivity contribution in [3.8, 4) is 0 Å². The molecule has 3 aromatic carbocycles. The fraction of sp³-hybridized carbons (Fsp3) is 0.0417. The van der Waals surface area contributed by atoms with Crippen LogP contribution in [0.15, 0.2) is 90.2 Å². The number of nitrogens with one attached hydrogen (secondary N) is 2. The van der Waals surface area contributed by atoms with Crippen LogP contribution in [0.25, 0.3) is 10.9 Å². The third-order valence-electron chi connectivity index (χ3n) is 4.72. The van der Waals surface area contributed by atoms with Crippen molar-refractivity contribution in [2.24, 2.45) is 5.10 Å². The van der Waals surface area contributed by atoms with Gasteiger partial charge in [0.2, 0.25) is 5.91 Å². The number of hydrogen-bond acceptors (Lipinski definition) is 4. The molecule has 4 aromatic rings. The molecule has 0 saturated heterocycles. The van der Waals surface area contributed by atoms with Crippen LogP contribution < -0.4 is 10.7 Å². The maximum absolute atomic E-state index is 12.5. The smallest absolute Gasteiger partial charge is 0.335 e. The highest BCUT2D eigenvalue weighted by Crippen LogP contribution is 2.20. The van der Waals surface area contributed by atoms with Gasteiger partial charge in [-0.2, -0.15) is 5.10 Å². The number of carboxylic acid groups (broad SMARTS) is 1. The standard InChI is InChI=1S/C24H20N4O3/c29-23(26-19-6-2-1-3-7-19)16-28-15-18(21-8-4-5-9-22(21)28)14-25-27-20-12-10-17(11-13-20)24(30)31/h1-15,27H,16H2,(H,26,29)(H,30,31). The third-order valence-corrected chi connectivity index (χ3v) is 4.72. The maximum Gasteiger partial charge on any atom is 0.335 e. The van der Waals surface area contributed by atoms with Crippen molar-refractivity contribution in [3.05, 3.63) is 96.2 Å². The summed E-state index contributed by atoms with van der Waals surface area (Å²) in [6.45, 7) is 0.174. The van der Waals surface area contributed by atoms with Gasteiger partial charge in [-0.3, -0.25) is 10.2 Å². The number of fused-ring (bicyclic) bond motifs is 1. The molecule has 0 bridgehead atoms. The molecule has 4 rings (SSSR count). The molecule has 1 heterocycles. The summed E-state index contributed by atoms with van der Waals surface area (Å²) in [4.78, 5) is 23.4. The first-order valence-electron chi connectivity index (χ1n) is 9.65. The van der Waals surface area contributed by atoms with E-state index in [2.05, 4.69) is 15.8 Å². The van der Waals surface area contributed by atoms with E-state index < -0.39 is 5.97 Å². The number of para-hydroxylation sites is 2. The number of aromatic nitrogens is 1. The molecule has 0 radical (unpaired) electrons. The van der Waals surface area contributed by atoms with Gasteiger partial charge in [-0.15, -0.1) is 0 Å². The second kappa shape index (κ2) is 8.96. The lowest BCUT2D eigenvalue weighted by Gasteiger charge is -2.07. The van der Waals surface area contributed by atoms with Crippen LogP contribution in [0.4, 0.5) is 11.4 Å². The fourth-order valence-electron chi connectivity index (χ4n) is 3.25. The molecular formula is C24H20N4O3. The Morgan fingerprint density at radius 2 is 1.61 bits per heavy atom.